The molecule has 1 atom stereocenters. The Bertz CT molecular complexity index is 994. The largest absolute Gasteiger partial charge is 0.323 e. The summed E-state index contributed by atoms with van der Waals surface area (Å²) in [6.45, 7) is 1.82. The number of amides is 1. The van der Waals surface area contributed by atoms with Crippen LogP contribution in [0.5, 0.6) is 0 Å². The lowest BCUT2D eigenvalue weighted by atomic mass is 10.2. The van der Waals surface area contributed by atoms with Crippen molar-refractivity contribution in [2.75, 3.05) is 5.32 Å². The van der Waals surface area contributed by atoms with Gasteiger partial charge in [0.1, 0.15) is 5.82 Å². The quantitative estimate of drug-likeness (QED) is 0.635. The van der Waals surface area contributed by atoms with Crippen molar-refractivity contribution >= 4 is 23.4 Å². The summed E-state index contributed by atoms with van der Waals surface area (Å²) in [6.07, 6.45) is 0.467. The molecule has 2 N–H and O–H groups in total. The van der Waals surface area contributed by atoms with E-state index in [1.165, 1.54) is 12.1 Å². The topological polar surface area (TPSA) is 87.7 Å². The first-order valence-electron chi connectivity index (χ1n) is 8.33. The Balaban J connectivity index is 1.75. The van der Waals surface area contributed by atoms with Crippen molar-refractivity contribution in [1.29, 1.82) is 0 Å². The molecule has 6 nitrogen and oxygen atoms in total. The Morgan fingerprint density at radius 1 is 1.15 bits per heavy atom. The van der Waals surface area contributed by atoms with Gasteiger partial charge in [-0.25, -0.2) is 4.39 Å². The van der Waals surface area contributed by atoms with Gasteiger partial charge >= 0.3 is 0 Å². The van der Waals surface area contributed by atoms with Crippen LogP contribution in [-0.4, -0.2) is 26.3 Å². The smallest absolute Gasteiger partial charge is 0.278 e. The van der Waals surface area contributed by atoms with E-state index in [2.05, 4.69) is 20.5 Å². The SMILES string of the molecule is CCC(Sc1nnc(-c2ccccc2)c(=O)[nH]1)C(=O)Nc1ccccc1F. The molecule has 0 aliphatic heterocycles. The zero-order chi connectivity index (χ0) is 19.2. The van der Waals surface area contributed by atoms with Crippen LogP contribution in [0.4, 0.5) is 10.1 Å². The van der Waals surface area contributed by atoms with Crippen LogP contribution in [0.3, 0.4) is 0 Å². The standard InChI is InChI=1S/C19H17FN4O2S/c1-2-15(17(25)21-14-11-7-6-10-13(14)20)27-19-22-18(26)16(23-24-19)12-8-4-3-5-9-12/h3-11,15H,2H2,1H3,(H,21,25)(H,22,24,26). The summed E-state index contributed by atoms with van der Waals surface area (Å²) in [4.78, 5) is 27.4. The molecule has 1 heterocycles. The van der Waals surface area contributed by atoms with E-state index in [1.54, 1.807) is 36.4 Å². The van der Waals surface area contributed by atoms with Crippen molar-refractivity contribution in [2.45, 2.75) is 23.8 Å². The molecule has 138 valence electrons. The Morgan fingerprint density at radius 3 is 2.52 bits per heavy atom. The lowest BCUT2D eigenvalue weighted by molar-refractivity contribution is -0.115. The van der Waals surface area contributed by atoms with Crippen LogP contribution < -0.4 is 10.9 Å². The molecule has 0 aliphatic carbocycles. The number of carbonyl (C=O) groups excluding carboxylic acids is 1. The second-order valence-electron chi connectivity index (χ2n) is 5.66. The number of anilines is 1. The van der Waals surface area contributed by atoms with Gasteiger partial charge in [0.05, 0.1) is 10.9 Å². The summed E-state index contributed by atoms with van der Waals surface area (Å²) < 4.78 is 13.7. The molecule has 27 heavy (non-hydrogen) atoms. The number of halogens is 1. The van der Waals surface area contributed by atoms with Crippen molar-refractivity contribution in [3.8, 4) is 11.3 Å². The predicted octanol–water partition coefficient (Wildman–Crippen LogP) is 3.48. The second kappa shape index (κ2) is 8.59. The molecule has 3 rings (SSSR count). The van der Waals surface area contributed by atoms with Gasteiger partial charge in [-0.15, -0.1) is 10.2 Å². The molecule has 3 aromatic rings. The highest BCUT2D eigenvalue weighted by atomic mass is 32.2. The summed E-state index contributed by atoms with van der Waals surface area (Å²) in [5, 5.41) is 10.2. The van der Waals surface area contributed by atoms with Crippen LogP contribution in [0.2, 0.25) is 0 Å². The maximum absolute atomic E-state index is 13.7. The van der Waals surface area contributed by atoms with Gasteiger partial charge in [-0.3, -0.25) is 14.6 Å². The number of thioether (sulfide) groups is 1. The third-order valence-electron chi connectivity index (χ3n) is 3.77. The fraction of sp³-hybridized carbons (Fsp3) is 0.158. The molecule has 0 bridgehead atoms. The van der Waals surface area contributed by atoms with Crippen LogP contribution >= 0.6 is 11.8 Å². The molecule has 2 aromatic carbocycles. The first kappa shape index (κ1) is 18.8. The van der Waals surface area contributed by atoms with Gasteiger partial charge in [-0.05, 0) is 18.6 Å². The van der Waals surface area contributed by atoms with Crippen LogP contribution in [0.1, 0.15) is 13.3 Å². The normalized spacial score (nSPS) is 11.8. The second-order valence-corrected chi connectivity index (χ2v) is 6.85. The number of aromatic nitrogens is 3. The molecule has 1 unspecified atom stereocenters. The fourth-order valence-electron chi connectivity index (χ4n) is 2.39. The molecule has 8 heteroatoms. The van der Waals surface area contributed by atoms with Gasteiger partial charge in [0.25, 0.3) is 5.56 Å². The number of hydrogen-bond acceptors (Lipinski definition) is 5. The highest BCUT2D eigenvalue weighted by Crippen LogP contribution is 2.23. The average molecular weight is 384 g/mol. The van der Waals surface area contributed by atoms with E-state index in [0.29, 0.717) is 12.0 Å². The summed E-state index contributed by atoms with van der Waals surface area (Å²) in [7, 11) is 0. The fourth-order valence-corrected chi connectivity index (χ4v) is 3.23. The third kappa shape index (κ3) is 4.59. The number of benzene rings is 2. The lowest BCUT2D eigenvalue weighted by Gasteiger charge is -2.14. The number of nitrogens with one attached hydrogen (secondary N) is 2. The Morgan fingerprint density at radius 2 is 1.85 bits per heavy atom. The van der Waals surface area contributed by atoms with Crippen molar-refractivity contribution in [1.82, 2.24) is 15.2 Å². The van der Waals surface area contributed by atoms with Crippen molar-refractivity contribution < 1.29 is 9.18 Å². The summed E-state index contributed by atoms with van der Waals surface area (Å²) >= 11 is 1.08. The highest BCUT2D eigenvalue weighted by molar-refractivity contribution is 8.00. The number of para-hydroxylation sites is 1. The summed E-state index contributed by atoms with van der Waals surface area (Å²) in [6, 6.07) is 14.9. The van der Waals surface area contributed by atoms with E-state index in [1.807, 2.05) is 13.0 Å². The number of rotatable bonds is 6. The molecule has 1 aromatic heterocycles. The first-order chi connectivity index (χ1) is 13.1. The van der Waals surface area contributed by atoms with Crippen molar-refractivity contribution in [3.05, 3.63) is 70.8 Å². The van der Waals surface area contributed by atoms with E-state index >= 15 is 0 Å². The number of H-pyrrole nitrogens is 1. The molecule has 0 aliphatic rings. The predicted molar refractivity (Wildman–Crippen MR) is 103 cm³/mol. The Labute approximate surface area is 159 Å². The van der Waals surface area contributed by atoms with E-state index < -0.39 is 11.1 Å². The van der Waals surface area contributed by atoms with Gasteiger partial charge in [0, 0.05) is 5.56 Å². The van der Waals surface area contributed by atoms with Crippen molar-refractivity contribution in [3.63, 3.8) is 0 Å². The number of hydrogen-bond donors (Lipinski definition) is 2. The van der Waals surface area contributed by atoms with Crippen LogP contribution in [0.25, 0.3) is 11.3 Å². The number of aromatic amines is 1. The maximum atomic E-state index is 13.7. The minimum absolute atomic E-state index is 0.112. The van der Waals surface area contributed by atoms with E-state index in [4.69, 9.17) is 0 Å². The minimum Gasteiger partial charge on any atom is -0.323 e. The molecule has 0 saturated carbocycles. The molecule has 0 radical (unpaired) electrons. The maximum Gasteiger partial charge on any atom is 0.278 e. The third-order valence-corrected chi connectivity index (χ3v) is 5.01. The molecule has 1 amide bonds. The molecule has 0 fully saturated rings. The van der Waals surface area contributed by atoms with Gasteiger partial charge in [0.2, 0.25) is 5.91 Å². The Kier molecular flexibility index (Phi) is 5.97. The molecule has 0 saturated heterocycles. The molecular weight excluding hydrogens is 367 g/mol. The molecule has 0 spiro atoms. The minimum atomic E-state index is -0.558. The van der Waals surface area contributed by atoms with Crippen molar-refractivity contribution in [2.24, 2.45) is 0 Å². The van der Waals surface area contributed by atoms with Crippen LogP contribution in [0.15, 0.2) is 64.5 Å². The zero-order valence-electron chi connectivity index (χ0n) is 14.5. The average Bonchev–Trinajstić information content (AvgIpc) is 2.68. The Hall–Kier alpha value is -3.00. The zero-order valence-corrected chi connectivity index (χ0v) is 15.3. The lowest BCUT2D eigenvalue weighted by Crippen LogP contribution is -2.26. The van der Waals surface area contributed by atoms with E-state index in [9.17, 15) is 14.0 Å². The molecular formula is C19H17FN4O2S. The highest BCUT2D eigenvalue weighted by Gasteiger charge is 2.21. The first-order valence-corrected chi connectivity index (χ1v) is 9.21. The van der Waals surface area contributed by atoms with E-state index in [0.717, 1.165) is 11.8 Å². The van der Waals surface area contributed by atoms with Gasteiger partial charge in [0.15, 0.2) is 10.9 Å². The van der Waals surface area contributed by atoms with Crippen LogP contribution in [-0.2, 0) is 4.79 Å². The van der Waals surface area contributed by atoms with E-state index in [-0.39, 0.29) is 28.0 Å². The summed E-state index contributed by atoms with van der Waals surface area (Å²) in [5.41, 5.74) is 0.597. The van der Waals surface area contributed by atoms with Gasteiger partial charge in [-0.2, -0.15) is 0 Å². The monoisotopic (exact) mass is 384 g/mol. The van der Waals surface area contributed by atoms with Gasteiger partial charge in [-0.1, -0.05) is 61.2 Å². The number of carbonyl (C=O) groups is 1. The summed E-state index contributed by atoms with van der Waals surface area (Å²) in [5.74, 6) is -0.881. The van der Waals surface area contributed by atoms with Crippen LogP contribution in [0, 0.1) is 5.82 Å². The van der Waals surface area contributed by atoms with Gasteiger partial charge < -0.3 is 5.32 Å². The number of nitrogens with zero attached hydrogens (tertiary/aromatic N) is 2.